The van der Waals surface area contributed by atoms with Crippen molar-refractivity contribution in [3.8, 4) is 23.0 Å². The average molecular weight is 1260 g/mol. The molecule has 0 saturated heterocycles. The van der Waals surface area contributed by atoms with E-state index >= 15 is 0 Å². The molecule has 5 aromatic carbocycles. The second kappa shape index (κ2) is 22.9. The van der Waals surface area contributed by atoms with Crippen LogP contribution in [0.2, 0.25) is 0 Å². The van der Waals surface area contributed by atoms with Crippen molar-refractivity contribution in [2.75, 3.05) is 0 Å². The molecule has 5 aromatic rings. The summed E-state index contributed by atoms with van der Waals surface area (Å²) in [7, 11) is 0. The van der Waals surface area contributed by atoms with Gasteiger partial charge in [0.2, 0.25) is 0 Å². The summed E-state index contributed by atoms with van der Waals surface area (Å²) < 4.78 is 41.0. The van der Waals surface area contributed by atoms with E-state index in [0.29, 0.717) is 60.6 Å². The van der Waals surface area contributed by atoms with Crippen molar-refractivity contribution in [3.05, 3.63) is 166 Å². The Labute approximate surface area is 426 Å². The van der Waals surface area contributed by atoms with Crippen molar-refractivity contribution in [3.63, 3.8) is 0 Å². The predicted molar refractivity (Wildman–Crippen MR) is 273 cm³/mol. The zero-order chi connectivity index (χ0) is 47.2. The number of ether oxygens (including phenoxy) is 6. The Morgan fingerprint density at radius 2 is 0.547 bits per heavy atom. The van der Waals surface area contributed by atoms with Crippen LogP contribution in [0.3, 0.4) is 0 Å². The summed E-state index contributed by atoms with van der Waals surface area (Å²) in [4.78, 5) is 24.0. The summed E-state index contributed by atoms with van der Waals surface area (Å²) >= 11 is 22.4. The summed E-state index contributed by atoms with van der Waals surface area (Å²) in [6, 6.07) is 15.1. The minimum Gasteiger partial charge on any atom is -0.489 e. The Balaban J connectivity index is 1.16. The van der Waals surface area contributed by atoms with E-state index in [4.69, 9.17) is 28.4 Å². The number of hydrogen-bond donors (Lipinski definition) is 0. The largest absolute Gasteiger partial charge is 0.489 e. The van der Waals surface area contributed by atoms with E-state index in [9.17, 15) is 9.59 Å². The minimum atomic E-state index is -0.426. The lowest BCUT2D eigenvalue weighted by atomic mass is 9.98. The number of hydrogen-bond acceptors (Lipinski definition) is 8. The molecule has 338 valence electrons. The molecular formula is C50H48Br6O8. The van der Waals surface area contributed by atoms with E-state index in [1.54, 1.807) is 13.8 Å². The van der Waals surface area contributed by atoms with Gasteiger partial charge in [0, 0.05) is 71.4 Å². The Bertz CT molecular complexity index is 2350. The Morgan fingerprint density at radius 1 is 0.375 bits per heavy atom. The van der Waals surface area contributed by atoms with Gasteiger partial charge in [-0.25, -0.2) is 9.59 Å². The molecule has 0 aliphatic rings. The number of carbonyl (C=O) groups excluding carboxylic acids is 2. The lowest BCUT2D eigenvalue weighted by molar-refractivity contribution is -0.141. The van der Waals surface area contributed by atoms with Gasteiger partial charge >= 0.3 is 11.9 Å². The molecule has 0 unspecified atom stereocenters. The van der Waals surface area contributed by atoms with Crippen LogP contribution in [0.5, 0.6) is 23.0 Å². The maximum Gasteiger partial charge on any atom is 0.333 e. The molecule has 0 aliphatic carbocycles. The van der Waals surface area contributed by atoms with Crippen molar-refractivity contribution in [1.82, 2.24) is 0 Å². The van der Waals surface area contributed by atoms with Crippen LogP contribution >= 0.6 is 95.6 Å². The van der Waals surface area contributed by atoms with E-state index in [1.807, 2.05) is 76.2 Å². The molecule has 0 fully saturated rings. The van der Waals surface area contributed by atoms with Gasteiger partial charge in [0.15, 0.2) is 0 Å². The van der Waals surface area contributed by atoms with Gasteiger partial charge in [-0.05, 0) is 233 Å². The molecule has 0 radical (unpaired) electrons. The molecule has 8 nitrogen and oxygen atoms in total. The van der Waals surface area contributed by atoms with E-state index in [-0.39, 0.29) is 13.2 Å². The fourth-order valence-electron chi connectivity index (χ4n) is 6.58. The molecule has 0 saturated carbocycles. The first kappa shape index (κ1) is 51.6. The van der Waals surface area contributed by atoms with Gasteiger partial charge in [-0.2, -0.15) is 0 Å². The van der Waals surface area contributed by atoms with Gasteiger partial charge in [0.05, 0.1) is 0 Å². The molecule has 0 bridgehead atoms. The summed E-state index contributed by atoms with van der Waals surface area (Å²) in [5.41, 5.74) is 12.8. The van der Waals surface area contributed by atoms with Crippen molar-refractivity contribution in [2.45, 2.75) is 95.0 Å². The van der Waals surface area contributed by atoms with Gasteiger partial charge in [-0.15, -0.1) is 0 Å². The third-order valence-corrected chi connectivity index (χ3v) is 18.0. The zero-order valence-corrected chi connectivity index (χ0v) is 46.3. The Hall–Kier alpha value is -3.40. The number of benzene rings is 5. The van der Waals surface area contributed by atoms with E-state index in [2.05, 4.69) is 123 Å². The predicted octanol–water partition coefficient (Wildman–Crippen LogP) is 15.7. The maximum atomic E-state index is 12.0. The minimum absolute atomic E-state index is 0.135. The quantitative estimate of drug-likeness (QED) is 0.0633. The van der Waals surface area contributed by atoms with Crippen molar-refractivity contribution >= 4 is 108 Å². The van der Waals surface area contributed by atoms with Gasteiger partial charge in [-0.3, -0.25) is 0 Å². The topological polar surface area (TPSA) is 89.5 Å². The molecule has 0 N–H and O–H groups in total. The van der Waals surface area contributed by atoms with Gasteiger partial charge in [0.1, 0.15) is 62.6 Å². The highest BCUT2D eigenvalue weighted by atomic mass is 79.9. The van der Waals surface area contributed by atoms with Crippen LogP contribution in [0.15, 0.2) is 99.7 Å². The molecular weight excluding hydrogens is 1210 g/mol. The molecule has 14 heteroatoms. The highest BCUT2D eigenvalue weighted by Crippen LogP contribution is 2.40. The normalized spacial score (nSPS) is 11.0. The number of esters is 2. The molecule has 0 aliphatic heterocycles. The van der Waals surface area contributed by atoms with E-state index < -0.39 is 11.9 Å². The van der Waals surface area contributed by atoms with Crippen LogP contribution in [0.4, 0.5) is 0 Å². The molecule has 5 rings (SSSR count). The van der Waals surface area contributed by atoms with E-state index in [0.717, 1.165) is 93.6 Å². The standard InChI is InChI=1S/C50H48Br6O8/c1-25(2)49(57)63-23-41-31(9)29(7)39(45(53)47(41)55)21-61-35-15-11-33(12-16-35)59-19-37-27(5)28(6)38(44(52)43(37)51)20-60-34-13-17-36(18-14-34)62-22-40-30(8)32(10)42(48(56)46(40)54)24-64-50(58)26(3)4/h11-18H,1,3,19-24H2,2,4-10H3. The molecule has 64 heavy (non-hydrogen) atoms. The maximum absolute atomic E-state index is 12.0. The van der Waals surface area contributed by atoms with Crippen LogP contribution in [0, 0.1) is 41.5 Å². The summed E-state index contributed by atoms with van der Waals surface area (Å²) in [5, 5.41) is 0. The van der Waals surface area contributed by atoms with Crippen LogP contribution in [0.1, 0.15) is 80.6 Å². The molecule has 0 spiro atoms. The monoisotopic (exact) mass is 1250 g/mol. The lowest BCUT2D eigenvalue weighted by Gasteiger charge is -2.20. The van der Waals surface area contributed by atoms with E-state index in [1.165, 1.54) is 0 Å². The Kier molecular flexibility index (Phi) is 18.4. The lowest BCUT2D eigenvalue weighted by Crippen LogP contribution is -2.09. The first-order valence-electron chi connectivity index (χ1n) is 20.0. The zero-order valence-electron chi connectivity index (χ0n) is 36.8. The molecule has 0 atom stereocenters. The molecule has 0 heterocycles. The van der Waals surface area contributed by atoms with Crippen molar-refractivity contribution in [1.29, 1.82) is 0 Å². The van der Waals surface area contributed by atoms with Gasteiger partial charge in [0.25, 0.3) is 0 Å². The number of carbonyl (C=O) groups is 2. The molecule has 0 aromatic heterocycles. The summed E-state index contributed by atoms with van der Waals surface area (Å²) in [5.74, 6) is 1.96. The van der Waals surface area contributed by atoms with Crippen LogP contribution in [-0.2, 0) is 58.7 Å². The fourth-order valence-corrected chi connectivity index (χ4v) is 10.5. The third-order valence-electron chi connectivity index (χ3n) is 11.1. The number of rotatable bonds is 18. The SMILES string of the molecule is C=C(C)C(=O)OCc1c(C)c(C)c(COc2ccc(OCc3c(C)c(C)c(COc4ccc(OCc5c(C)c(C)c(COC(=O)C(=C)C)c(Br)c5Br)cc4)c(Br)c3Br)cc2)c(Br)c1Br. The second-order valence-electron chi connectivity index (χ2n) is 15.3. The first-order valence-corrected chi connectivity index (χ1v) is 24.7. The summed E-state index contributed by atoms with van der Waals surface area (Å²) in [6.45, 7) is 24.5. The second-order valence-corrected chi connectivity index (χ2v) is 20.1. The molecule has 0 amide bonds. The fraction of sp³-hybridized carbons (Fsp3) is 0.280. The highest BCUT2D eigenvalue weighted by molar-refractivity contribution is 9.13. The first-order chi connectivity index (χ1) is 30.2. The van der Waals surface area contributed by atoms with Crippen LogP contribution in [0.25, 0.3) is 0 Å². The summed E-state index contributed by atoms with van der Waals surface area (Å²) in [6.07, 6.45) is 0. The highest BCUT2D eigenvalue weighted by Gasteiger charge is 2.22. The third kappa shape index (κ3) is 12.1. The van der Waals surface area contributed by atoms with Crippen molar-refractivity contribution < 1.29 is 38.0 Å². The van der Waals surface area contributed by atoms with Crippen LogP contribution in [-0.4, -0.2) is 11.9 Å². The smallest absolute Gasteiger partial charge is 0.333 e. The van der Waals surface area contributed by atoms with Gasteiger partial charge < -0.3 is 28.4 Å². The Morgan fingerprint density at radius 3 is 0.719 bits per heavy atom. The van der Waals surface area contributed by atoms with Gasteiger partial charge in [-0.1, -0.05) is 13.2 Å². The average Bonchev–Trinajstić information content (AvgIpc) is 3.27. The number of halogens is 6. The van der Waals surface area contributed by atoms with Crippen molar-refractivity contribution in [2.24, 2.45) is 0 Å². The van der Waals surface area contributed by atoms with Crippen LogP contribution < -0.4 is 18.9 Å².